The smallest absolute Gasteiger partial charge is 0.0714 e. The molecule has 0 unspecified atom stereocenters. The Hall–Kier alpha value is -6.97. The third-order valence-corrected chi connectivity index (χ3v) is 11.1. The highest BCUT2D eigenvalue weighted by molar-refractivity contribution is 6.20. The zero-order valence-electron chi connectivity index (χ0n) is 31.2. The van der Waals surface area contributed by atoms with Crippen molar-refractivity contribution in [1.29, 1.82) is 0 Å². The van der Waals surface area contributed by atoms with Gasteiger partial charge in [0.1, 0.15) is 0 Å². The van der Waals surface area contributed by atoms with E-state index < -0.39 is 0 Å². The summed E-state index contributed by atoms with van der Waals surface area (Å²) in [5.41, 5.74) is 11.6. The number of nitrogens with zero attached hydrogens (tertiary/aromatic N) is 3. The minimum Gasteiger partial charge on any atom is -0.311 e. The fraction of sp³-hybridized carbons (Fsp3) is 0.0755. The number of fused-ring (bicyclic) bond motifs is 3. The molecule has 0 fully saturated rings. The lowest BCUT2D eigenvalue weighted by molar-refractivity contribution is 0.998. The number of rotatable bonds is 8. The van der Waals surface area contributed by atoms with Crippen LogP contribution in [0.5, 0.6) is 0 Å². The van der Waals surface area contributed by atoms with Crippen molar-refractivity contribution in [3.63, 3.8) is 0 Å². The topological polar surface area (TPSA) is 19.4 Å². The standard InChI is InChI=1S/C53H41N3/c1-5-18-39(19-6-1)52-47-32-30-45(55(41-21-7-2-8-22-41)42-23-9-3-10-24-42)37-50(47)53(51-27-15-16-34-54-51)48-33-31-46(36-49(48)52)56(43-25-11-4-12-26-43)44-29-28-38-17-13-14-20-40(38)35-44/h1-3,5,7-11,13-18,20-37H,4,6,12,19H2. The Balaban J connectivity index is 1.27. The summed E-state index contributed by atoms with van der Waals surface area (Å²) in [5.74, 6) is 0. The second-order valence-corrected chi connectivity index (χ2v) is 14.6. The van der Waals surface area contributed by atoms with Crippen LogP contribution in [-0.4, -0.2) is 4.98 Å². The van der Waals surface area contributed by atoms with E-state index in [9.17, 15) is 0 Å². The van der Waals surface area contributed by atoms with Crippen LogP contribution in [0.1, 0.15) is 31.2 Å². The van der Waals surface area contributed by atoms with E-state index in [2.05, 4.69) is 198 Å². The summed E-state index contributed by atoms with van der Waals surface area (Å²) in [6.45, 7) is 0. The Labute approximate surface area is 328 Å². The molecule has 0 bridgehead atoms. The van der Waals surface area contributed by atoms with Gasteiger partial charge in [0.2, 0.25) is 0 Å². The van der Waals surface area contributed by atoms with Gasteiger partial charge in [0, 0.05) is 45.9 Å². The van der Waals surface area contributed by atoms with Crippen LogP contribution in [0.4, 0.5) is 28.4 Å². The van der Waals surface area contributed by atoms with Gasteiger partial charge in [0.05, 0.1) is 5.69 Å². The van der Waals surface area contributed by atoms with E-state index >= 15 is 0 Å². The molecule has 0 saturated heterocycles. The molecular formula is C53H41N3. The first-order valence-electron chi connectivity index (χ1n) is 19.7. The van der Waals surface area contributed by atoms with Gasteiger partial charge in [0.25, 0.3) is 0 Å². The molecule has 2 aliphatic carbocycles. The highest BCUT2D eigenvalue weighted by atomic mass is 15.1. The molecule has 0 radical (unpaired) electrons. The fourth-order valence-corrected chi connectivity index (χ4v) is 8.56. The first-order valence-corrected chi connectivity index (χ1v) is 19.7. The number of hydrogen-bond donors (Lipinski definition) is 0. The molecule has 1 heterocycles. The Kier molecular flexibility index (Phi) is 8.81. The van der Waals surface area contributed by atoms with E-state index in [4.69, 9.17) is 4.98 Å². The van der Waals surface area contributed by atoms with Crippen LogP contribution in [0.15, 0.2) is 206 Å². The summed E-state index contributed by atoms with van der Waals surface area (Å²) in [6.07, 6.45) is 19.8. The molecular weight excluding hydrogens is 679 g/mol. The Bertz CT molecular complexity index is 2810. The third kappa shape index (κ3) is 6.18. The van der Waals surface area contributed by atoms with Crippen LogP contribution in [0.3, 0.4) is 0 Å². The average molecular weight is 720 g/mol. The van der Waals surface area contributed by atoms with Gasteiger partial charge in [-0.25, -0.2) is 0 Å². The third-order valence-electron chi connectivity index (χ3n) is 11.1. The maximum absolute atomic E-state index is 5.02. The lowest BCUT2D eigenvalue weighted by Gasteiger charge is -2.29. The molecule has 0 amide bonds. The molecule has 0 aliphatic heterocycles. The van der Waals surface area contributed by atoms with Crippen molar-refractivity contribution in [3.05, 3.63) is 212 Å². The molecule has 56 heavy (non-hydrogen) atoms. The van der Waals surface area contributed by atoms with Crippen molar-refractivity contribution in [2.75, 3.05) is 9.80 Å². The van der Waals surface area contributed by atoms with Crippen molar-refractivity contribution in [2.24, 2.45) is 0 Å². The van der Waals surface area contributed by atoms with E-state index in [1.54, 1.807) is 0 Å². The number of pyridine rings is 1. The maximum atomic E-state index is 5.02. The van der Waals surface area contributed by atoms with Crippen molar-refractivity contribution in [1.82, 2.24) is 4.98 Å². The maximum Gasteiger partial charge on any atom is 0.0714 e. The number of aromatic nitrogens is 1. The van der Waals surface area contributed by atoms with Crippen LogP contribution in [0.25, 0.3) is 49.1 Å². The summed E-state index contributed by atoms with van der Waals surface area (Å²) in [5, 5.41) is 7.32. The zero-order valence-corrected chi connectivity index (χ0v) is 31.2. The molecule has 0 atom stereocenters. The SMILES string of the molecule is C1=CCCC(c2c3cc(N(C4=CCCC=C4)c4ccc5ccccc5c4)ccc3c(-c3ccccn3)c3cc(N(c4ccccc4)c4ccccc4)ccc23)=C1. The summed E-state index contributed by atoms with van der Waals surface area (Å²) in [6, 6.07) is 57.2. The Morgan fingerprint density at radius 1 is 0.446 bits per heavy atom. The van der Waals surface area contributed by atoms with Crippen LogP contribution in [0, 0.1) is 0 Å². The number of hydrogen-bond acceptors (Lipinski definition) is 3. The molecule has 10 rings (SSSR count). The molecule has 1 aromatic heterocycles. The van der Waals surface area contributed by atoms with Crippen molar-refractivity contribution in [2.45, 2.75) is 25.7 Å². The Morgan fingerprint density at radius 2 is 1.09 bits per heavy atom. The number of para-hydroxylation sites is 2. The highest BCUT2D eigenvalue weighted by Gasteiger charge is 2.23. The van der Waals surface area contributed by atoms with Gasteiger partial charge >= 0.3 is 0 Å². The lowest BCUT2D eigenvalue weighted by atomic mass is 9.84. The molecule has 3 heteroatoms. The van der Waals surface area contributed by atoms with Crippen LogP contribution < -0.4 is 9.80 Å². The summed E-state index contributed by atoms with van der Waals surface area (Å²) >= 11 is 0. The largest absolute Gasteiger partial charge is 0.311 e. The van der Waals surface area contributed by atoms with Gasteiger partial charge in [-0.15, -0.1) is 0 Å². The van der Waals surface area contributed by atoms with Gasteiger partial charge < -0.3 is 9.80 Å². The molecule has 8 aromatic rings. The first-order chi connectivity index (χ1) is 27.8. The van der Waals surface area contributed by atoms with E-state index in [0.29, 0.717) is 0 Å². The number of benzene rings is 7. The van der Waals surface area contributed by atoms with Crippen molar-refractivity contribution >= 4 is 66.3 Å². The predicted octanol–water partition coefficient (Wildman–Crippen LogP) is 14.8. The first kappa shape index (κ1) is 33.6. The van der Waals surface area contributed by atoms with Gasteiger partial charge in [-0.2, -0.15) is 0 Å². The minimum atomic E-state index is 0.965. The molecule has 2 aliphatic rings. The van der Waals surface area contributed by atoms with Gasteiger partial charge in [-0.3, -0.25) is 4.98 Å². The second kappa shape index (κ2) is 14.7. The molecule has 0 N–H and O–H groups in total. The Morgan fingerprint density at radius 3 is 1.77 bits per heavy atom. The second-order valence-electron chi connectivity index (χ2n) is 14.6. The minimum absolute atomic E-state index is 0.965. The molecule has 268 valence electrons. The molecule has 0 spiro atoms. The van der Waals surface area contributed by atoms with Crippen molar-refractivity contribution in [3.8, 4) is 11.3 Å². The number of allylic oxidation sites excluding steroid dienone is 7. The zero-order chi connectivity index (χ0) is 37.3. The molecule has 0 saturated carbocycles. The van der Waals surface area contributed by atoms with Crippen LogP contribution >= 0.6 is 0 Å². The van der Waals surface area contributed by atoms with E-state index in [0.717, 1.165) is 65.4 Å². The van der Waals surface area contributed by atoms with E-state index in [1.165, 1.54) is 49.2 Å². The fourth-order valence-electron chi connectivity index (χ4n) is 8.56. The molecule has 7 aromatic carbocycles. The van der Waals surface area contributed by atoms with Gasteiger partial charge in [0.15, 0.2) is 0 Å². The predicted molar refractivity (Wildman–Crippen MR) is 238 cm³/mol. The summed E-state index contributed by atoms with van der Waals surface area (Å²) in [7, 11) is 0. The summed E-state index contributed by atoms with van der Waals surface area (Å²) < 4.78 is 0. The lowest BCUT2D eigenvalue weighted by Crippen LogP contribution is -2.16. The molecule has 3 nitrogen and oxygen atoms in total. The van der Waals surface area contributed by atoms with Gasteiger partial charge in [-0.05, 0) is 148 Å². The van der Waals surface area contributed by atoms with Gasteiger partial charge in [-0.1, -0.05) is 115 Å². The summed E-state index contributed by atoms with van der Waals surface area (Å²) in [4.78, 5) is 9.81. The van der Waals surface area contributed by atoms with E-state index in [1.807, 2.05) is 12.3 Å². The monoisotopic (exact) mass is 719 g/mol. The van der Waals surface area contributed by atoms with Crippen molar-refractivity contribution < 1.29 is 0 Å². The number of anilines is 5. The quantitative estimate of drug-likeness (QED) is 0.146. The van der Waals surface area contributed by atoms with E-state index in [-0.39, 0.29) is 0 Å². The highest BCUT2D eigenvalue weighted by Crippen LogP contribution is 2.47. The van der Waals surface area contributed by atoms with Crippen LogP contribution in [0.2, 0.25) is 0 Å². The normalized spacial score (nSPS) is 13.9. The average Bonchev–Trinajstić information content (AvgIpc) is 3.27. The van der Waals surface area contributed by atoms with Crippen LogP contribution in [-0.2, 0) is 0 Å².